The van der Waals surface area contributed by atoms with Gasteiger partial charge >= 0.3 is 5.97 Å². The molecule has 0 aliphatic rings. The van der Waals surface area contributed by atoms with Crippen molar-refractivity contribution >= 4 is 17.9 Å². The summed E-state index contributed by atoms with van der Waals surface area (Å²) in [5.41, 5.74) is 2.20. The summed E-state index contributed by atoms with van der Waals surface area (Å²) >= 11 is 0. The number of para-hydroxylation sites is 1. The zero-order valence-electron chi connectivity index (χ0n) is 13.2. The number of rotatable bonds is 4. The second kappa shape index (κ2) is 7.03. The van der Waals surface area contributed by atoms with Crippen molar-refractivity contribution in [3.63, 3.8) is 0 Å². The van der Waals surface area contributed by atoms with Gasteiger partial charge in [0.25, 0.3) is 0 Å². The van der Waals surface area contributed by atoms with E-state index in [0.29, 0.717) is 0 Å². The molecule has 0 fully saturated rings. The number of carbonyl (C=O) groups excluding carboxylic acids is 1. The molecule has 3 heteroatoms. The van der Waals surface area contributed by atoms with E-state index in [1.54, 1.807) is 6.21 Å². The van der Waals surface area contributed by atoms with Crippen LogP contribution in [0, 0.1) is 0 Å². The van der Waals surface area contributed by atoms with Gasteiger partial charge in [-0.25, -0.2) is 0 Å². The fourth-order valence-electron chi connectivity index (χ4n) is 2.00. The summed E-state index contributed by atoms with van der Waals surface area (Å²) in [5, 5.41) is 0. The first-order valence-corrected chi connectivity index (χ1v) is 7.33. The number of hydrogen-bond acceptors (Lipinski definition) is 3. The first kappa shape index (κ1) is 16.0. The van der Waals surface area contributed by atoms with E-state index >= 15 is 0 Å². The fourth-order valence-corrected chi connectivity index (χ4v) is 2.00. The van der Waals surface area contributed by atoms with Gasteiger partial charge in [-0.2, -0.15) is 0 Å². The molecule has 0 unspecified atom stereocenters. The molecular formula is C19H21NO2. The summed E-state index contributed by atoms with van der Waals surface area (Å²) in [7, 11) is 0. The zero-order chi connectivity index (χ0) is 16.0. The Labute approximate surface area is 131 Å². The first-order chi connectivity index (χ1) is 10.4. The molecule has 0 heterocycles. The topological polar surface area (TPSA) is 38.7 Å². The van der Waals surface area contributed by atoms with Crippen molar-refractivity contribution < 1.29 is 9.53 Å². The fraction of sp³-hybridized carbons (Fsp3) is 0.263. The summed E-state index contributed by atoms with van der Waals surface area (Å²) in [6, 6.07) is 17.5. The summed E-state index contributed by atoms with van der Waals surface area (Å²) in [6.07, 6.45) is 2.02. The maximum absolute atomic E-state index is 12.0. The van der Waals surface area contributed by atoms with Crippen LogP contribution < -0.4 is 0 Å². The Kier molecular flexibility index (Phi) is 5.10. The smallest absolute Gasteiger partial charge is 0.310 e. The Morgan fingerprint density at radius 1 is 1.05 bits per heavy atom. The molecule has 0 saturated heterocycles. The summed E-state index contributed by atoms with van der Waals surface area (Å²) in [5.74, 6) is -0.241. The molecule has 2 rings (SSSR count). The third kappa shape index (κ3) is 5.17. The lowest BCUT2D eigenvalue weighted by Crippen LogP contribution is -2.24. The van der Waals surface area contributed by atoms with E-state index in [4.69, 9.17) is 4.74 Å². The van der Waals surface area contributed by atoms with Crippen molar-refractivity contribution in [2.24, 2.45) is 4.99 Å². The van der Waals surface area contributed by atoms with E-state index in [-0.39, 0.29) is 12.4 Å². The van der Waals surface area contributed by atoms with E-state index in [1.807, 2.05) is 75.4 Å². The summed E-state index contributed by atoms with van der Waals surface area (Å²) in [6.45, 7) is 5.60. The highest BCUT2D eigenvalue weighted by molar-refractivity contribution is 5.83. The lowest BCUT2D eigenvalue weighted by Gasteiger charge is -2.19. The molecule has 2 aromatic carbocycles. The minimum absolute atomic E-state index is 0.222. The molecule has 0 aliphatic heterocycles. The average Bonchev–Trinajstić information content (AvgIpc) is 2.45. The zero-order valence-corrected chi connectivity index (χ0v) is 13.2. The van der Waals surface area contributed by atoms with Crippen LogP contribution in [0.4, 0.5) is 5.69 Å². The van der Waals surface area contributed by atoms with Crippen LogP contribution in [0.15, 0.2) is 59.6 Å². The van der Waals surface area contributed by atoms with E-state index < -0.39 is 5.60 Å². The number of nitrogens with zero attached hydrogens (tertiary/aromatic N) is 1. The number of hydrogen-bond donors (Lipinski definition) is 0. The maximum atomic E-state index is 12.0. The van der Waals surface area contributed by atoms with Gasteiger partial charge in [-0.3, -0.25) is 9.79 Å². The van der Waals surface area contributed by atoms with Gasteiger partial charge in [-0.15, -0.1) is 0 Å². The molecule has 3 nitrogen and oxygen atoms in total. The van der Waals surface area contributed by atoms with Crippen LogP contribution >= 0.6 is 0 Å². The van der Waals surface area contributed by atoms with Crippen LogP contribution in [0.5, 0.6) is 0 Å². The van der Waals surface area contributed by atoms with Crippen molar-refractivity contribution in [3.05, 3.63) is 65.7 Å². The molecule has 0 saturated carbocycles. The third-order valence-electron chi connectivity index (χ3n) is 2.90. The van der Waals surface area contributed by atoms with Gasteiger partial charge in [-0.05, 0) is 38.0 Å². The quantitative estimate of drug-likeness (QED) is 0.622. The van der Waals surface area contributed by atoms with E-state index in [0.717, 1.165) is 16.8 Å². The molecule has 0 aliphatic carbocycles. The minimum Gasteiger partial charge on any atom is -0.460 e. The lowest BCUT2D eigenvalue weighted by atomic mass is 10.1. The van der Waals surface area contributed by atoms with Gasteiger partial charge in [-0.1, -0.05) is 48.5 Å². The van der Waals surface area contributed by atoms with Crippen molar-refractivity contribution in [1.29, 1.82) is 0 Å². The predicted octanol–water partition coefficient (Wildman–Crippen LogP) is 4.32. The molecular weight excluding hydrogens is 274 g/mol. The Morgan fingerprint density at radius 2 is 1.68 bits per heavy atom. The first-order valence-electron chi connectivity index (χ1n) is 7.33. The molecule has 0 amide bonds. The number of benzene rings is 2. The standard InChI is InChI=1S/C19H21NO2/c1-19(2,3)22-18(21)13-16-11-7-8-12-17(16)20-14-15-9-5-4-6-10-15/h4-12,14H,13H2,1-3H3. The van der Waals surface area contributed by atoms with Crippen LogP contribution in [-0.2, 0) is 16.0 Å². The highest BCUT2D eigenvalue weighted by Gasteiger charge is 2.17. The Bertz CT molecular complexity index is 655. The SMILES string of the molecule is CC(C)(C)OC(=O)Cc1ccccc1N=Cc1ccccc1. The number of aliphatic imine (C=N–C) groups is 1. The molecule has 2 aromatic rings. The molecule has 0 aromatic heterocycles. The Hall–Kier alpha value is -2.42. The third-order valence-corrected chi connectivity index (χ3v) is 2.90. The van der Waals surface area contributed by atoms with E-state index in [1.165, 1.54) is 0 Å². The lowest BCUT2D eigenvalue weighted by molar-refractivity contribution is -0.153. The number of ether oxygens (including phenoxy) is 1. The summed E-state index contributed by atoms with van der Waals surface area (Å²) in [4.78, 5) is 16.5. The molecule has 0 N–H and O–H groups in total. The van der Waals surface area contributed by atoms with Gasteiger partial charge < -0.3 is 4.74 Å². The van der Waals surface area contributed by atoms with Gasteiger partial charge in [0.15, 0.2) is 0 Å². The second-order valence-corrected chi connectivity index (χ2v) is 6.06. The van der Waals surface area contributed by atoms with Crippen LogP contribution in [-0.4, -0.2) is 17.8 Å². The van der Waals surface area contributed by atoms with Crippen molar-refractivity contribution in [2.45, 2.75) is 32.8 Å². The monoisotopic (exact) mass is 295 g/mol. The highest BCUT2D eigenvalue weighted by atomic mass is 16.6. The second-order valence-electron chi connectivity index (χ2n) is 6.06. The van der Waals surface area contributed by atoms with E-state index in [9.17, 15) is 4.79 Å². The normalized spacial score (nSPS) is 11.6. The number of carbonyl (C=O) groups is 1. The van der Waals surface area contributed by atoms with Gasteiger partial charge in [0.1, 0.15) is 5.60 Å². The average molecular weight is 295 g/mol. The Morgan fingerprint density at radius 3 is 2.36 bits per heavy atom. The van der Waals surface area contributed by atoms with Crippen LogP contribution in [0.1, 0.15) is 31.9 Å². The predicted molar refractivity (Wildman–Crippen MR) is 89.7 cm³/mol. The van der Waals surface area contributed by atoms with Crippen LogP contribution in [0.3, 0.4) is 0 Å². The molecule has 22 heavy (non-hydrogen) atoms. The van der Waals surface area contributed by atoms with Crippen molar-refractivity contribution in [1.82, 2.24) is 0 Å². The molecule has 0 spiro atoms. The summed E-state index contributed by atoms with van der Waals surface area (Å²) < 4.78 is 5.37. The van der Waals surface area contributed by atoms with Crippen molar-refractivity contribution in [3.8, 4) is 0 Å². The van der Waals surface area contributed by atoms with Crippen LogP contribution in [0.2, 0.25) is 0 Å². The minimum atomic E-state index is -0.473. The molecule has 0 atom stereocenters. The molecule has 0 bridgehead atoms. The van der Waals surface area contributed by atoms with E-state index in [2.05, 4.69) is 4.99 Å². The maximum Gasteiger partial charge on any atom is 0.310 e. The number of esters is 1. The molecule has 114 valence electrons. The van der Waals surface area contributed by atoms with Crippen LogP contribution in [0.25, 0.3) is 0 Å². The largest absolute Gasteiger partial charge is 0.460 e. The van der Waals surface area contributed by atoms with Crippen molar-refractivity contribution in [2.75, 3.05) is 0 Å². The molecule has 0 radical (unpaired) electrons. The Balaban J connectivity index is 2.13. The van der Waals surface area contributed by atoms with Gasteiger partial charge in [0.05, 0.1) is 12.1 Å². The van der Waals surface area contributed by atoms with Gasteiger partial charge in [0, 0.05) is 6.21 Å². The van der Waals surface area contributed by atoms with Gasteiger partial charge in [0.2, 0.25) is 0 Å². The highest BCUT2D eigenvalue weighted by Crippen LogP contribution is 2.20.